The molecule has 0 atom stereocenters. The molecular formula is C15H24N2O. The fraction of sp³-hybridized carbons (Fsp3) is 0.733. The van der Waals surface area contributed by atoms with Gasteiger partial charge in [0.15, 0.2) is 0 Å². The van der Waals surface area contributed by atoms with Crippen molar-refractivity contribution in [2.24, 2.45) is 11.1 Å². The average Bonchev–Trinajstić information content (AvgIpc) is 3.02. The zero-order chi connectivity index (χ0) is 12.4. The van der Waals surface area contributed by atoms with Crippen molar-refractivity contribution in [1.82, 2.24) is 4.90 Å². The standard InChI is InChI=1S/C15H24N2O/c16-11-13-3-4-14(18-13)12-17-9-7-15(8-10-17)5-1-2-6-15/h3-4H,1-2,5-12,16H2. The first-order chi connectivity index (χ1) is 8.80. The molecule has 2 heterocycles. The van der Waals surface area contributed by atoms with Crippen LogP contribution in [0.4, 0.5) is 0 Å². The smallest absolute Gasteiger partial charge is 0.118 e. The quantitative estimate of drug-likeness (QED) is 0.894. The third-order valence-corrected chi connectivity index (χ3v) is 4.88. The lowest BCUT2D eigenvalue weighted by molar-refractivity contribution is 0.0978. The van der Waals surface area contributed by atoms with Crippen molar-refractivity contribution in [2.75, 3.05) is 13.1 Å². The van der Waals surface area contributed by atoms with Gasteiger partial charge in [0.1, 0.15) is 11.5 Å². The van der Waals surface area contributed by atoms with Crippen LogP contribution in [-0.2, 0) is 13.1 Å². The van der Waals surface area contributed by atoms with Gasteiger partial charge in [-0.1, -0.05) is 12.8 Å². The third kappa shape index (κ3) is 2.47. The molecule has 100 valence electrons. The number of hydrogen-bond donors (Lipinski definition) is 1. The topological polar surface area (TPSA) is 42.4 Å². The van der Waals surface area contributed by atoms with E-state index in [9.17, 15) is 0 Å². The summed E-state index contributed by atoms with van der Waals surface area (Å²) in [5.74, 6) is 1.96. The van der Waals surface area contributed by atoms with Crippen LogP contribution in [0.25, 0.3) is 0 Å². The maximum absolute atomic E-state index is 5.69. The van der Waals surface area contributed by atoms with Crippen LogP contribution >= 0.6 is 0 Å². The Labute approximate surface area is 109 Å². The molecule has 1 saturated carbocycles. The lowest BCUT2D eigenvalue weighted by atomic mass is 9.77. The van der Waals surface area contributed by atoms with E-state index in [1.165, 1.54) is 51.6 Å². The molecule has 1 aliphatic carbocycles. The maximum Gasteiger partial charge on any atom is 0.118 e. The highest BCUT2D eigenvalue weighted by atomic mass is 16.3. The number of rotatable bonds is 3. The number of piperidine rings is 1. The predicted octanol–water partition coefficient (Wildman–Crippen LogP) is 2.89. The summed E-state index contributed by atoms with van der Waals surface area (Å²) in [6, 6.07) is 4.07. The van der Waals surface area contributed by atoms with Crippen molar-refractivity contribution in [1.29, 1.82) is 0 Å². The average molecular weight is 248 g/mol. The van der Waals surface area contributed by atoms with Gasteiger partial charge in [-0.15, -0.1) is 0 Å². The first kappa shape index (κ1) is 12.2. The van der Waals surface area contributed by atoms with Gasteiger partial charge >= 0.3 is 0 Å². The molecule has 1 aliphatic heterocycles. The summed E-state index contributed by atoms with van der Waals surface area (Å²) >= 11 is 0. The SMILES string of the molecule is NCc1ccc(CN2CCC3(CCCC3)CC2)o1. The van der Waals surface area contributed by atoms with Crippen LogP contribution in [0.5, 0.6) is 0 Å². The second-order valence-corrected chi connectivity index (χ2v) is 6.06. The minimum absolute atomic E-state index is 0.503. The normalized spacial score (nSPS) is 23.8. The van der Waals surface area contributed by atoms with Crippen molar-refractivity contribution < 1.29 is 4.42 Å². The van der Waals surface area contributed by atoms with E-state index in [1.807, 2.05) is 6.07 Å². The van der Waals surface area contributed by atoms with E-state index in [4.69, 9.17) is 10.2 Å². The van der Waals surface area contributed by atoms with Crippen LogP contribution in [0, 0.1) is 5.41 Å². The Bertz CT molecular complexity index is 383. The molecular weight excluding hydrogens is 224 g/mol. The third-order valence-electron chi connectivity index (χ3n) is 4.88. The minimum atomic E-state index is 0.503. The molecule has 2 aliphatic rings. The van der Waals surface area contributed by atoms with Gasteiger partial charge in [0.2, 0.25) is 0 Å². The lowest BCUT2D eigenvalue weighted by Gasteiger charge is -2.39. The zero-order valence-electron chi connectivity index (χ0n) is 11.2. The second kappa shape index (κ2) is 5.06. The van der Waals surface area contributed by atoms with Gasteiger partial charge in [-0.3, -0.25) is 4.90 Å². The highest BCUT2D eigenvalue weighted by molar-refractivity contribution is 5.07. The second-order valence-electron chi connectivity index (χ2n) is 6.06. The van der Waals surface area contributed by atoms with Crippen molar-refractivity contribution in [3.63, 3.8) is 0 Å². The number of nitrogens with two attached hydrogens (primary N) is 1. The van der Waals surface area contributed by atoms with E-state index in [0.29, 0.717) is 12.0 Å². The fourth-order valence-corrected chi connectivity index (χ4v) is 3.65. The molecule has 0 aromatic carbocycles. The Morgan fingerprint density at radius 1 is 1.06 bits per heavy atom. The van der Waals surface area contributed by atoms with Gasteiger partial charge < -0.3 is 10.2 Å². The summed E-state index contributed by atoms with van der Waals surface area (Å²) in [7, 11) is 0. The van der Waals surface area contributed by atoms with Crippen molar-refractivity contribution in [3.8, 4) is 0 Å². The zero-order valence-corrected chi connectivity index (χ0v) is 11.2. The Kier molecular flexibility index (Phi) is 3.44. The van der Waals surface area contributed by atoms with E-state index >= 15 is 0 Å². The van der Waals surface area contributed by atoms with Gasteiger partial charge in [-0.25, -0.2) is 0 Å². The highest BCUT2D eigenvalue weighted by Gasteiger charge is 2.36. The molecule has 1 spiro atoms. The summed E-state index contributed by atoms with van der Waals surface area (Å²) in [4.78, 5) is 2.53. The van der Waals surface area contributed by atoms with Gasteiger partial charge in [0, 0.05) is 0 Å². The fourth-order valence-electron chi connectivity index (χ4n) is 3.65. The Morgan fingerprint density at radius 2 is 1.72 bits per heavy atom. The first-order valence-electron chi connectivity index (χ1n) is 7.30. The van der Waals surface area contributed by atoms with Gasteiger partial charge in [0.05, 0.1) is 13.1 Å². The summed E-state index contributed by atoms with van der Waals surface area (Å²) < 4.78 is 5.69. The number of nitrogens with zero attached hydrogens (tertiary/aromatic N) is 1. The Balaban J connectivity index is 1.53. The Morgan fingerprint density at radius 3 is 2.33 bits per heavy atom. The summed E-state index contributed by atoms with van der Waals surface area (Å²) in [6.45, 7) is 3.93. The first-order valence-corrected chi connectivity index (χ1v) is 7.30. The number of furan rings is 1. The molecule has 2 N–H and O–H groups in total. The summed E-state index contributed by atoms with van der Waals surface area (Å²) in [6.07, 6.45) is 8.63. The molecule has 0 bridgehead atoms. The van der Waals surface area contributed by atoms with Crippen molar-refractivity contribution in [3.05, 3.63) is 23.7 Å². The van der Waals surface area contributed by atoms with Crippen LogP contribution in [0.3, 0.4) is 0 Å². The van der Waals surface area contributed by atoms with E-state index in [0.717, 1.165) is 18.1 Å². The molecule has 3 heteroatoms. The Hall–Kier alpha value is -0.800. The molecule has 0 radical (unpaired) electrons. The molecule has 1 aromatic rings. The van der Waals surface area contributed by atoms with Crippen molar-refractivity contribution in [2.45, 2.75) is 51.6 Å². The predicted molar refractivity (Wildman–Crippen MR) is 72.0 cm³/mol. The van der Waals surface area contributed by atoms with Gasteiger partial charge in [-0.2, -0.15) is 0 Å². The summed E-state index contributed by atoms with van der Waals surface area (Å²) in [5.41, 5.74) is 6.28. The molecule has 3 rings (SSSR count). The molecule has 1 aromatic heterocycles. The van der Waals surface area contributed by atoms with E-state index in [2.05, 4.69) is 11.0 Å². The molecule has 0 amide bonds. The number of hydrogen-bond acceptors (Lipinski definition) is 3. The van der Waals surface area contributed by atoms with Gasteiger partial charge in [-0.05, 0) is 56.3 Å². The van der Waals surface area contributed by atoms with Gasteiger partial charge in [0.25, 0.3) is 0 Å². The summed E-state index contributed by atoms with van der Waals surface area (Å²) in [5, 5.41) is 0. The van der Waals surface area contributed by atoms with Crippen LogP contribution in [0.1, 0.15) is 50.0 Å². The molecule has 1 saturated heterocycles. The van der Waals surface area contributed by atoms with Crippen molar-refractivity contribution >= 4 is 0 Å². The van der Waals surface area contributed by atoms with E-state index < -0.39 is 0 Å². The van der Waals surface area contributed by atoms with E-state index in [1.54, 1.807) is 0 Å². The number of likely N-dealkylation sites (tertiary alicyclic amines) is 1. The molecule has 2 fully saturated rings. The van der Waals surface area contributed by atoms with Crippen LogP contribution in [0.2, 0.25) is 0 Å². The maximum atomic E-state index is 5.69. The van der Waals surface area contributed by atoms with Crippen LogP contribution in [0.15, 0.2) is 16.5 Å². The largest absolute Gasteiger partial charge is 0.463 e. The highest BCUT2D eigenvalue weighted by Crippen LogP contribution is 2.46. The monoisotopic (exact) mass is 248 g/mol. The van der Waals surface area contributed by atoms with E-state index in [-0.39, 0.29) is 0 Å². The minimum Gasteiger partial charge on any atom is -0.463 e. The van der Waals surface area contributed by atoms with Crippen LogP contribution in [-0.4, -0.2) is 18.0 Å². The molecule has 18 heavy (non-hydrogen) atoms. The molecule has 0 unspecified atom stereocenters. The lowest BCUT2D eigenvalue weighted by Crippen LogP contribution is -2.38. The molecule has 3 nitrogen and oxygen atoms in total. The van der Waals surface area contributed by atoms with Crippen LogP contribution < -0.4 is 5.73 Å².